The van der Waals surface area contributed by atoms with Crippen molar-refractivity contribution in [2.45, 2.75) is 0 Å². The molecular weight excluding hydrogens is 769 g/mol. The number of fused-ring (bicyclic) bond motifs is 9. The lowest BCUT2D eigenvalue weighted by molar-refractivity contribution is 0.669. The zero-order valence-electron chi connectivity index (χ0n) is 34.0. The van der Waals surface area contributed by atoms with Crippen LogP contribution in [0.2, 0.25) is 0 Å². The van der Waals surface area contributed by atoms with E-state index in [1.165, 1.54) is 32.3 Å². The lowest BCUT2D eigenvalue weighted by atomic mass is 9.98. The van der Waals surface area contributed by atoms with Crippen molar-refractivity contribution in [3.63, 3.8) is 0 Å². The van der Waals surface area contributed by atoms with Crippen molar-refractivity contribution in [3.05, 3.63) is 218 Å². The summed E-state index contributed by atoms with van der Waals surface area (Å²) < 4.78 is 8.75. The predicted molar refractivity (Wildman–Crippen MR) is 262 cm³/mol. The van der Waals surface area contributed by atoms with Crippen molar-refractivity contribution < 1.29 is 4.42 Å². The second kappa shape index (κ2) is 14.0. The molecule has 0 aliphatic carbocycles. The second-order valence-electron chi connectivity index (χ2n) is 16.1. The second-order valence-corrected chi connectivity index (χ2v) is 16.1. The molecule has 0 atom stereocenters. The SMILES string of the molecule is c1ccc(N(c2ccc3ccccc3c2)c2c3ccccc3cc3c2c2ccccc2n3-c2ccc(-c3nc4ccccc4nc3-c3cccc4oc5ccccc5c34)cc2)cc1. The lowest BCUT2D eigenvalue weighted by Gasteiger charge is -2.28. The van der Waals surface area contributed by atoms with E-state index in [4.69, 9.17) is 14.4 Å². The van der Waals surface area contributed by atoms with Gasteiger partial charge in [-0.05, 0) is 89.0 Å². The molecule has 13 rings (SSSR count). The summed E-state index contributed by atoms with van der Waals surface area (Å²) >= 11 is 0. The molecule has 0 saturated carbocycles. The largest absolute Gasteiger partial charge is 0.456 e. The fourth-order valence-electron chi connectivity index (χ4n) is 9.71. The lowest BCUT2D eigenvalue weighted by Crippen LogP contribution is -2.11. The van der Waals surface area contributed by atoms with Crippen LogP contribution >= 0.6 is 0 Å². The maximum absolute atomic E-state index is 6.34. The zero-order chi connectivity index (χ0) is 41.4. The highest BCUT2D eigenvalue weighted by molar-refractivity contribution is 6.24. The van der Waals surface area contributed by atoms with Gasteiger partial charge in [0.1, 0.15) is 11.2 Å². The quantitative estimate of drug-likeness (QED) is 0.168. The van der Waals surface area contributed by atoms with Gasteiger partial charge in [-0.1, -0.05) is 146 Å². The molecule has 0 aliphatic rings. The first kappa shape index (κ1) is 35.2. The van der Waals surface area contributed by atoms with Gasteiger partial charge in [0.15, 0.2) is 0 Å². The fourth-order valence-corrected chi connectivity index (χ4v) is 9.71. The maximum Gasteiger partial charge on any atom is 0.136 e. The van der Waals surface area contributed by atoms with Crippen LogP contribution < -0.4 is 4.90 Å². The average molecular weight is 805 g/mol. The van der Waals surface area contributed by atoms with Crippen molar-refractivity contribution in [2.75, 3.05) is 4.90 Å². The zero-order valence-corrected chi connectivity index (χ0v) is 34.0. The van der Waals surface area contributed by atoms with Gasteiger partial charge in [0.25, 0.3) is 0 Å². The topological polar surface area (TPSA) is 47.1 Å². The number of para-hydroxylation sites is 5. The van der Waals surface area contributed by atoms with E-state index in [-0.39, 0.29) is 0 Å². The molecule has 0 fully saturated rings. The summed E-state index contributed by atoms with van der Waals surface area (Å²) in [6, 6.07) is 77.4. The van der Waals surface area contributed by atoms with E-state index >= 15 is 0 Å². The van der Waals surface area contributed by atoms with E-state index in [1.54, 1.807) is 0 Å². The van der Waals surface area contributed by atoms with Gasteiger partial charge in [-0.25, -0.2) is 9.97 Å². The van der Waals surface area contributed by atoms with Gasteiger partial charge in [0.2, 0.25) is 0 Å². The van der Waals surface area contributed by atoms with Gasteiger partial charge in [0, 0.05) is 55.1 Å². The standard InChI is InChI=1S/C58H36N4O/c1-2-18-41(19-3-1)61(43-34-29-37-15-4-5-16-39(37)35-43)58-44-20-7-6-17-40(44)36-51-55(58)45-21-8-12-26-50(45)62(51)42-32-30-38(31-33-42)56-57(60-49-25-11-10-24-48(49)59-56)47-23-14-28-53-54(47)46-22-9-13-27-52(46)63-53/h1-36H. The number of hydrogen-bond donors (Lipinski definition) is 0. The molecule has 13 aromatic rings. The summed E-state index contributed by atoms with van der Waals surface area (Å²) in [4.78, 5) is 13.1. The van der Waals surface area contributed by atoms with Gasteiger partial charge in [0.05, 0.1) is 39.1 Å². The molecule has 0 amide bonds. The first-order valence-corrected chi connectivity index (χ1v) is 21.3. The minimum atomic E-state index is 0.821. The third kappa shape index (κ3) is 5.57. The van der Waals surface area contributed by atoms with E-state index in [2.05, 4.69) is 179 Å². The molecule has 0 bridgehead atoms. The van der Waals surface area contributed by atoms with Crippen LogP contribution in [0, 0.1) is 0 Å². The number of benzene rings is 10. The predicted octanol–water partition coefficient (Wildman–Crippen LogP) is 15.7. The monoisotopic (exact) mass is 804 g/mol. The molecule has 5 nitrogen and oxygen atoms in total. The minimum Gasteiger partial charge on any atom is -0.456 e. The Labute approximate surface area is 362 Å². The summed E-state index contributed by atoms with van der Waals surface area (Å²) in [5.41, 5.74) is 13.7. The smallest absolute Gasteiger partial charge is 0.136 e. The maximum atomic E-state index is 6.34. The minimum absolute atomic E-state index is 0.821. The van der Waals surface area contributed by atoms with Crippen molar-refractivity contribution in [1.29, 1.82) is 0 Å². The molecular formula is C58H36N4O. The summed E-state index contributed by atoms with van der Waals surface area (Å²) in [5.74, 6) is 0. The van der Waals surface area contributed by atoms with E-state index in [1.807, 2.05) is 48.5 Å². The van der Waals surface area contributed by atoms with Crippen molar-refractivity contribution in [3.8, 4) is 28.2 Å². The number of anilines is 3. The highest BCUT2D eigenvalue weighted by Crippen LogP contribution is 2.48. The summed E-state index contributed by atoms with van der Waals surface area (Å²) in [6.45, 7) is 0. The summed E-state index contributed by atoms with van der Waals surface area (Å²) in [6.07, 6.45) is 0. The van der Waals surface area contributed by atoms with E-state index < -0.39 is 0 Å². The highest BCUT2D eigenvalue weighted by Gasteiger charge is 2.25. The summed E-state index contributed by atoms with van der Waals surface area (Å²) in [7, 11) is 0. The molecule has 0 radical (unpaired) electrons. The van der Waals surface area contributed by atoms with Crippen LogP contribution in [-0.4, -0.2) is 14.5 Å². The Kier molecular flexibility index (Phi) is 7.84. The Hall–Kier alpha value is -8.54. The molecule has 0 N–H and O–H groups in total. The Morgan fingerprint density at radius 2 is 1.05 bits per heavy atom. The van der Waals surface area contributed by atoms with Gasteiger partial charge in [-0.15, -0.1) is 0 Å². The van der Waals surface area contributed by atoms with Crippen LogP contribution in [-0.2, 0) is 0 Å². The van der Waals surface area contributed by atoms with Crippen LogP contribution in [0.1, 0.15) is 0 Å². The number of hydrogen-bond acceptors (Lipinski definition) is 4. The van der Waals surface area contributed by atoms with Crippen molar-refractivity contribution >= 4 is 93.4 Å². The van der Waals surface area contributed by atoms with Crippen molar-refractivity contribution in [2.24, 2.45) is 0 Å². The van der Waals surface area contributed by atoms with Gasteiger partial charge in [-0.2, -0.15) is 0 Å². The number of nitrogens with zero attached hydrogens (tertiary/aromatic N) is 4. The molecule has 10 aromatic carbocycles. The Balaban J connectivity index is 1.04. The molecule has 63 heavy (non-hydrogen) atoms. The molecule has 0 unspecified atom stereocenters. The van der Waals surface area contributed by atoms with E-state index in [0.717, 1.165) is 89.3 Å². The van der Waals surface area contributed by atoms with Crippen LogP contribution in [0.5, 0.6) is 0 Å². The molecule has 3 heterocycles. The van der Waals surface area contributed by atoms with Crippen LogP contribution in [0.25, 0.3) is 105 Å². The molecule has 0 spiro atoms. The molecule has 0 saturated heterocycles. The fraction of sp³-hybridized carbons (Fsp3) is 0. The van der Waals surface area contributed by atoms with Gasteiger partial charge in [-0.3, -0.25) is 0 Å². The molecule has 0 aliphatic heterocycles. The molecule has 294 valence electrons. The summed E-state index contributed by atoms with van der Waals surface area (Å²) in [5, 5.41) is 9.23. The third-order valence-corrected chi connectivity index (χ3v) is 12.5. The molecule has 3 aromatic heterocycles. The number of rotatable bonds is 6. The van der Waals surface area contributed by atoms with Crippen LogP contribution in [0.3, 0.4) is 0 Å². The van der Waals surface area contributed by atoms with Crippen LogP contribution in [0.15, 0.2) is 223 Å². The van der Waals surface area contributed by atoms with Gasteiger partial charge >= 0.3 is 0 Å². The Bertz CT molecular complexity index is 3920. The molecule has 5 heteroatoms. The van der Waals surface area contributed by atoms with E-state index in [0.29, 0.717) is 0 Å². The Morgan fingerprint density at radius 1 is 0.397 bits per heavy atom. The third-order valence-electron chi connectivity index (χ3n) is 12.5. The van der Waals surface area contributed by atoms with Crippen molar-refractivity contribution in [1.82, 2.24) is 14.5 Å². The van der Waals surface area contributed by atoms with E-state index in [9.17, 15) is 0 Å². The van der Waals surface area contributed by atoms with Gasteiger partial charge < -0.3 is 13.9 Å². The highest BCUT2D eigenvalue weighted by atomic mass is 16.3. The number of aromatic nitrogens is 3. The first-order valence-electron chi connectivity index (χ1n) is 21.3. The first-order chi connectivity index (χ1) is 31.2. The Morgan fingerprint density at radius 3 is 1.87 bits per heavy atom. The average Bonchev–Trinajstić information content (AvgIpc) is 3.90. The number of furan rings is 1. The normalized spacial score (nSPS) is 11.8. The van der Waals surface area contributed by atoms with Crippen LogP contribution in [0.4, 0.5) is 17.1 Å².